The van der Waals surface area contributed by atoms with Gasteiger partial charge in [-0.15, -0.1) is 11.6 Å². The van der Waals surface area contributed by atoms with Crippen LogP contribution in [0.1, 0.15) is 29.9 Å². The number of aromatic nitrogens is 1. The van der Waals surface area contributed by atoms with Crippen LogP contribution in [-0.2, 0) is 20.7 Å². The summed E-state index contributed by atoms with van der Waals surface area (Å²) >= 11 is 5.72. The monoisotopic (exact) mass is 397 g/mol. The van der Waals surface area contributed by atoms with Gasteiger partial charge in [0.1, 0.15) is 0 Å². The maximum absolute atomic E-state index is 13.0. The first-order chi connectivity index (χ1) is 12.2. The maximum Gasteiger partial charge on any atom is 0.256 e. The van der Waals surface area contributed by atoms with E-state index < -0.39 is 27.9 Å². The number of halogens is 1. The van der Waals surface area contributed by atoms with Gasteiger partial charge in [0.2, 0.25) is 15.9 Å². The predicted octanol–water partition coefficient (Wildman–Crippen LogP) is 1.60. The van der Waals surface area contributed by atoms with Crippen LogP contribution in [0, 0.1) is 11.8 Å². The van der Waals surface area contributed by atoms with E-state index in [0.29, 0.717) is 17.0 Å². The molecular formula is C17H20ClN3O4S. The Morgan fingerprint density at radius 2 is 2.08 bits per heavy atom. The maximum atomic E-state index is 13.0. The molecule has 0 aliphatic carbocycles. The first-order valence-electron chi connectivity index (χ1n) is 8.23. The zero-order chi connectivity index (χ0) is 19.2. The van der Waals surface area contributed by atoms with Crippen LogP contribution in [0.3, 0.4) is 0 Å². The van der Waals surface area contributed by atoms with Crippen molar-refractivity contribution in [3.05, 3.63) is 41.4 Å². The van der Waals surface area contributed by atoms with Gasteiger partial charge in [0.15, 0.2) is 0 Å². The zero-order valence-electron chi connectivity index (χ0n) is 14.7. The Morgan fingerprint density at radius 3 is 2.58 bits per heavy atom. The summed E-state index contributed by atoms with van der Waals surface area (Å²) in [5, 5.41) is 0. The summed E-state index contributed by atoms with van der Waals surface area (Å²) in [6.07, 6.45) is 4.10. The Kier molecular flexibility index (Phi) is 4.83. The van der Waals surface area contributed by atoms with Gasteiger partial charge >= 0.3 is 0 Å². The third kappa shape index (κ3) is 3.01. The molecule has 0 aromatic carbocycles. The third-order valence-electron chi connectivity index (χ3n) is 4.72. The van der Waals surface area contributed by atoms with Crippen LogP contribution in [0.25, 0.3) is 0 Å². The van der Waals surface area contributed by atoms with E-state index >= 15 is 0 Å². The molecule has 2 aliphatic rings. The van der Waals surface area contributed by atoms with Gasteiger partial charge in [0.25, 0.3) is 5.91 Å². The minimum atomic E-state index is -3.74. The molecule has 2 atom stereocenters. The van der Waals surface area contributed by atoms with E-state index in [0.717, 1.165) is 10.6 Å². The van der Waals surface area contributed by atoms with Crippen LogP contribution in [-0.4, -0.2) is 53.3 Å². The van der Waals surface area contributed by atoms with Gasteiger partial charge in [-0.25, -0.2) is 12.7 Å². The van der Waals surface area contributed by atoms with Gasteiger partial charge in [0.05, 0.1) is 41.0 Å². The summed E-state index contributed by atoms with van der Waals surface area (Å²) in [5.74, 6) is -1.24. The summed E-state index contributed by atoms with van der Waals surface area (Å²) in [7, 11) is -3.74. The molecule has 1 aromatic heterocycles. The van der Waals surface area contributed by atoms with Crippen molar-refractivity contribution in [2.75, 3.05) is 12.8 Å². The number of amides is 2. The number of fused-ring (bicyclic) bond motifs is 1. The SMILES string of the molecule is CC(C)[C@H]1C(=O)N(S(C)(=O)=O)C2=CCN(C(=O)c3ccc(CCl)nc3)[C@@H]21. The number of pyridine rings is 1. The van der Waals surface area contributed by atoms with Crippen LogP contribution >= 0.6 is 11.6 Å². The summed E-state index contributed by atoms with van der Waals surface area (Å²) in [5.41, 5.74) is 1.40. The lowest BCUT2D eigenvalue weighted by Crippen LogP contribution is -2.43. The Morgan fingerprint density at radius 1 is 1.38 bits per heavy atom. The number of alkyl halides is 1. The van der Waals surface area contributed by atoms with Gasteiger partial charge in [0, 0.05) is 12.7 Å². The molecule has 2 aliphatic heterocycles. The molecule has 0 radical (unpaired) electrons. The second-order valence-corrected chi connectivity index (χ2v) is 8.94. The highest BCUT2D eigenvalue weighted by Crippen LogP contribution is 2.41. The van der Waals surface area contributed by atoms with E-state index in [1.807, 2.05) is 13.8 Å². The molecule has 1 aromatic rings. The molecule has 0 bridgehead atoms. The molecule has 0 unspecified atom stereocenters. The lowest BCUT2D eigenvalue weighted by atomic mass is 9.89. The summed E-state index contributed by atoms with van der Waals surface area (Å²) in [6.45, 7) is 3.95. The van der Waals surface area contributed by atoms with E-state index in [1.54, 1.807) is 23.1 Å². The first kappa shape index (κ1) is 18.8. The highest BCUT2D eigenvalue weighted by atomic mass is 35.5. The molecule has 0 N–H and O–H groups in total. The predicted molar refractivity (Wildman–Crippen MR) is 96.7 cm³/mol. The number of hydrogen-bond acceptors (Lipinski definition) is 5. The number of hydrogen-bond donors (Lipinski definition) is 0. The largest absolute Gasteiger partial charge is 0.325 e. The fourth-order valence-corrected chi connectivity index (χ4v) is 4.75. The molecule has 1 saturated heterocycles. The average Bonchev–Trinajstić information content (AvgIpc) is 3.09. The standard InChI is InChI=1S/C17H20ClN3O4S/c1-10(2)14-15-13(21(17(14)23)26(3,24)25)6-7-20(15)16(22)11-4-5-12(8-18)19-9-11/h4-6,9-10,14-15H,7-8H2,1-3H3/t14-,15+/m1/s1. The fraction of sp³-hybridized carbons (Fsp3) is 0.471. The Bertz CT molecular complexity index is 880. The second-order valence-electron chi connectivity index (χ2n) is 6.84. The van der Waals surface area contributed by atoms with Crippen LogP contribution in [0.4, 0.5) is 0 Å². The van der Waals surface area contributed by atoms with Gasteiger partial charge in [-0.3, -0.25) is 14.6 Å². The summed E-state index contributed by atoms with van der Waals surface area (Å²) < 4.78 is 25.1. The minimum Gasteiger partial charge on any atom is -0.325 e. The quantitative estimate of drug-likeness (QED) is 0.720. The van der Waals surface area contributed by atoms with Gasteiger partial charge in [-0.1, -0.05) is 13.8 Å². The lowest BCUT2D eigenvalue weighted by molar-refractivity contribution is -0.128. The second kappa shape index (κ2) is 6.66. The van der Waals surface area contributed by atoms with E-state index in [2.05, 4.69) is 4.98 Å². The molecule has 0 saturated carbocycles. The zero-order valence-corrected chi connectivity index (χ0v) is 16.3. The van der Waals surface area contributed by atoms with Crippen molar-refractivity contribution >= 4 is 33.4 Å². The average molecular weight is 398 g/mol. The number of sulfonamides is 1. The van der Waals surface area contributed by atoms with Crippen LogP contribution in [0.15, 0.2) is 30.1 Å². The van der Waals surface area contributed by atoms with Crippen molar-refractivity contribution in [2.45, 2.75) is 25.8 Å². The summed E-state index contributed by atoms with van der Waals surface area (Å²) in [4.78, 5) is 31.4. The highest BCUT2D eigenvalue weighted by Gasteiger charge is 2.54. The molecule has 1 fully saturated rings. The van der Waals surface area contributed by atoms with Gasteiger partial charge < -0.3 is 4.90 Å². The molecule has 3 heterocycles. The van der Waals surface area contributed by atoms with Gasteiger partial charge in [-0.05, 0) is 24.1 Å². The Labute approximate surface area is 157 Å². The van der Waals surface area contributed by atoms with Crippen molar-refractivity contribution < 1.29 is 18.0 Å². The van der Waals surface area contributed by atoms with Crippen molar-refractivity contribution in [1.29, 1.82) is 0 Å². The number of rotatable bonds is 4. The van der Waals surface area contributed by atoms with Crippen molar-refractivity contribution in [2.24, 2.45) is 11.8 Å². The molecule has 3 rings (SSSR count). The Hall–Kier alpha value is -1.93. The smallest absolute Gasteiger partial charge is 0.256 e. The van der Waals surface area contributed by atoms with Gasteiger partial charge in [-0.2, -0.15) is 0 Å². The van der Waals surface area contributed by atoms with Crippen LogP contribution in [0.2, 0.25) is 0 Å². The normalized spacial score (nSPS) is 22.8. The van der Waals surface area contributed by atoms with E-state index in [9.17, 15) is 18.0 Å². The fourth-order valence-electron chi connectivity index (χ4n) is 3.57. The van der Waals surface area contributed by atoms with Crippen molar-refractivity contribution in [3.8, 4) is 0 Å². The number of carbonyl (C=O) groups is 2. The number of nitrogens with zero attached hydrogens (tertiary/aromatic N) is 3. The van der Waals surface area contributed by atoms with Crippen LogP contribution < -0.4 is 0 Å². The first-order valence-corrected chi connectivity index (χ1v) is 10.6. The van der Waals surface area contributed by atoms with Crippen molar-refractivity contribution in [3.63, 3.8) is 0 Å². The summed E-state index contributed by atoms with van der Waals surface area (Å²) in [6, 6.07) is 2.73. The van der Waals surface area contributed by atoms with Crippen LogP contribution in [0.5, 0.6) is 0 Å². The third-order valence-corrected chi connectivity index (χ3v) is 6.04. The van der Waals surface area contributed by atoms with E-state index in [1.165, 1.54) is 6.20 Å². The van der Waals surface area contributed by atoms with Crippen molar-refractivity contribution in [1.82, 2.24) is 14.2 Å². The minimum absolute atomic E-state index is 0.118. The molecule has 0 spiro atoms. The molecule has 140 valence electrons. The highest BCUT2D eigenvalue weighted by molar-refractivity contribution is 7.89. The molecule has 7 nitrogen and oxygen atoms in total. The topological polar surface area (TPSA) is 87.7 Å². The molecule has 2 amide bonds. The number of carbonyl (C=O) groups excluding carboxylic acids is 2. The molecule has 9 heteroatoms. The van der Waals surface area contributed by atoms with E-state index in [4.69, 9.17) is 11.6 Å². The molecule has 26 heavy (non-hydrogen) atoms. The lowest BCUT2D eigenvalue weighted by Gasteiger charge is -2.28. The van der Waals surface area contributed by atoms with E-state index in [-0.39, 0.29) is 24.2 Å². The molecular weight excluding hydrogens is 378 g/mol. The Balaban J connectivity index is 1.97.